The van der Waals surface area contributed by atoms with Crippen molar-refractivity contribution in [1.29, 1.82) is 0 Å². The fraction of sp³-hybridized carbons (Fsp3) is 0.226. The molecule has 0 unspecified atom stereocenters. The lowest BCUT2D eigenvalue weighted by Gasteiger charge is -2.26. The molecule has 2 amide bonds. The number of halogens is 2. The van der Waals surface area contributed by atoms with Crippen LogP contribution in [-0.4, -0.2) is 51.0 Å². The number of aromatic hydroxyl groups is 1. The van der Waals surface area contributed by atoms with Crippen molar-refractivity contribution < 1.29 is 14.7 Å². The van der Waals surface area contributed by atoms with Crippen LogP contribution in [0.2, 0.25) is 5.02 Å². The van der Waals surface area contributed by atoms with Gasteiger partial charge in [0.2, 0.25) is 0 Å². The highest BCUT2D eigenvalue weighted by Crippen LogP contribution is 2.29. The van der Waals surface area contributed by atoms with Gasteiger partial charge in [0.15, 0.2) is 0 Å². The SMILES string of the molecule is Cl.O=C(Nc1c(O)cccc1C(=O)Nc1ccc(Cl)cn1)c1ccc(-c2cccn(CCN3CCCCC3)c2=O)cc1. The number of benzene rings is 2. The third kappa shape index (κ3) is 7.36. The molecule has 4 aromatic rings. The maximum atomic E-state index is 13.2. The number of aromatic nitrogens is 2. The van der Waals surface area contributed by atoms with Gasteiger partial charge in [0, 0.05) is 36.6 Å². The lowest BCUT2D eigenvalue weighted by Crippen LogP contribution is -2.34. The lowest BCUT2D eigenvalue weighted by atomic mass is 10.0. The van der Waals surface area contributed by atoms with Crippen LogP contribution in [-0.2, 0) is 6.54 Å². The number of nitrogens with zero attached hydrogens (tertiary/aromatic N) is 3. The Hall–Kier alpha value is -4.18. The second-order valence-electron chi connectivity index (χ2n) is 9.87. The zero-order valence-electron chi connectivity index (χ0n) is 22.8. The van der Waals surface area contributed by atoms with Crippen molar-refractivity contribution in [2.24, 2.45) is 0 Å². The standard InChI is InChI=1S/C31H30ClN5O4.ClH/c32-23-13-14-27(33-20-23)34-30(40)25-6-4-8-26(38)28(25)35-29(39)22-11-9-21(10-12-22)24-7-5-17-37(31(24)41)19-18-36-15-2-1-3-16-36;/h4-14,17,20,38H,1-3,15-16,18-19H2,(H,35,39)(H,33,34,40);1H. The van der Waals surface area contributed by atoms with Gasteiger partial charge in [-0.15, -0.1) is 12.4 Å². The van der Waals surface area contributed by atoms with Gasteiger partial charge in [-0.2, -0.15) is 0 Å². The molecule has 0 aliphatic carbocycles. The minimum Gasteiger partial charge on any atom is -0.506 e. The predicted octanol–water partition coefficient (Wildman–Crippen LogP) is 5.68. The average molecular weight is 609 g/mol. The van der Waals surface area contributed by atoms with Gasteiger partial charge in [0.25, 0.3) is 17.4 Å². The molecule has 1 saturated heterocycles. The van der Waals surface area contributed by atoms with E-state index in [2.05, 4.69) is 20.5 Å². The molecular weight excluding hydrogens is 577 g/mol. The molecule has 5 rings (SSSR count). The number of para-hydroxylation sites is 1. The number of carbonyl (C=O) groups excluding carboxylic acids is 2. The second-order valence-corrected chi connectivity index (χ2v) is 10.3. The van der Waals surface area contributed by atoms with Gasteiger partial charge in [0.1, 0.15) is 11.6 Å². The number of phenolic OH excluding ortho intramolecular Hbond substituents is 1. The van der Waals surface area contributed by atoms with Crippen LogP contribution in [0, 0.1) is 0 Å². The van der Waals surface area contributed by atoms with Crippen molar-refractivity contribution in [3.63, 3.8) is 0 Å². The number of phenols is 1. The number of carbonyl (C=O) groups is 2. The highest BCUT2D eigenvalue weighted by Gasteiger charge is 2.19. The molecule has 3 N–H and O–H groups in total. The highest BCUT2D eigenvalue weighted by atomic mass is 35.5. The number of anilines is 2. The fourth-order valence-corrected chi connectivity index (χ4v) is 4.96. The van der Waals surface area contributed by atoms with Crippen LogP contribution in [0.1, 0.15) is 40.0 Å². The van der Waals surface area contributed by atoms with Gasteiger partial charge in [-0.25, -0.2) is 4.98 Å². The zero-order chi connectivity index (χ0) is 28.8. The van der Waals surface area contributed by atoms with E-state index >= 15 is 0 Å². The number of rotatable bonds is 8. The number of likely N-dealkylation sites (tertiary alicyclic amines) is 1. The smallest absolute Gasteiger partial charge is 0.259 e. The van der Waals surface area contributed by atoms with Crippen LogP contribution >= 0.6 is 24.0 Å². The van der Waals surface area contributed by atoms with E-state index < -0.39 is 11.8 Å². The Balaban J connectivity index is 0.00000405. The Morgan fingerprint density at radius 1 is 0.881 bits per heavy atom. The molecule has 1 aliphatic rings. The van der Waals surface area contributed by atoms with Gasteiger partial charge >= 0.3 is 0 Å². The third-order valence-corrected chi connectivity index (χ3v) is 7.30. The van der Waals surface area contributed by atoms with Crippen molar-refractivity contribution in [2.75, 3.05) is 30.3 Å². The van der Waals surface area contributed by atoms with Gasteiger partial charge < -0.3 is 25.2 Å². The van der Waals surface area contributed by atoms with Crippen molar-refractivity contribution >= 4 is 47.3 Å². The molecule has 9 nitrogen and oxygen atoms in total. The summed E-state index contributed by atoms with van der Waals surface area (Å²) < 4.78 is 1.73. The van der Waals surface area contributed by atoms with Crippen molar-refractivity contribution in [2.45, 2.75) is 25.8 Å². The zero-order valence-corrected chi connectivity index (χ0v) is 24.3. The molecule has 2 aromatic heterocycles. The summed E-state index contributed by atoms with van der Waals surface area (Å²) in [6.07, 6.45) is 6.88. The molecule has 1 aliphatic heterocycles. The molecule has 0 spiro atoms. The van der Waals surface area contributed by atoms with Crippen LogP contribution in [0.3, 0.4) is 0 Å². The van der Waals surface area contributed by atoms with E-state index in [1.807, 2.05) is 6.07 Å². The molecule has 0 saturated carbocycles. The first-order chi connectivity index (χ1) is 19.9. The Morgan fingerprint density at radius 2 is 1.64 bits per heavy atom. The first-order valence-electron chi connectivity index (χ1n) is 13.5. The van der Waals surface area contributed by atoms with Gasteiger partial charge in [0.05, 0.1) is 16.3 Å². The monoisotopic (exact) mass is 607 g/mol. The fourth-order valence-electron chi connectivity index (χ4n) is 4.85. The normalized spacial score (nSPS) is 13.2. The molecule has 218 valence electrons. The number of nitrogens with one attached hydrogen (secondary N) is 2. The molecular formula is C31H31Cl2N5O4. The summed E-state index contributed by atoms with van der Waals surface area (Å²) in [6, 6.07) is 17.8. The molecule has 1 fully saturated rings. The maximum Gasteiger partial charge on any atom is 0.259 e. The lowest BCUT2D eigenvalue weighted by molar-refractivity contribution is 0.102. The topological polar surface area (TPSA) is 117 Å². The van der Waals surface area contributed by atoms with Crippen molar-refractivity contribution in [3.8, 4) is 16.9 Å². The summed E-state index contributed by atoms with van der Waals surface area (Å²) in [5, 5.41) is 16.1. The molecule has 0 atom stereocenters. The van der Waals surface area contributed by atoms with Crippen LogP contribution < -0.4 is 16.2 Å². The third-order valence-electron chi connectivity index (χ3n) is 7.08. The Bertz CT molecular complexity index is 1600. The molecule has 0 bridgehead atoms. The average Bonchev–Trinajstić information content (AvgIpc) is 2.99. The number of piperidine rings is 1. The molecule has 42 heavy (non-hydrogen) atoms. The van der Waals surface area contributed by atoms with Crippen LogP contribution in [0.25, 0.3) is 11.1 Å². The van der Waals surface area contributed by atoms with E-state index in [4.69, 9.17) is 11.6 Å². The van der Waals surface area contributed by atoms with Gasteiger partial charge in [-0.3, -0.25) is 14.4 Å². The van der Waals surface area contributed by atoms with E-state index in [0.717, 1.165) is 19.6 Å². The highest BCUT2D eigenvalue weighted by molar-refractivity contribution is 6.30. The minimum atomic E-state index is -0.568. The largest absolute Gasteiger partial charge is 0.506 e. The molecule has 11 heteroatoms. The minimum absolute atomic E-state index is 0. The van der Waals surface area contributed by atoms with E-state index in [9.17, 15) is 19.5 Å². The van der Waals surface area contributed by atoms with Gasteiger partial charge in [-0.05, 0) is 80.0 Å². The first kappa shape index (κ1) is 30.8. The van der Waals surface area contributed by atoms with E-state index in [0.29, 0.717) is 28.3 Å². The number of hydrogen-bond donors (Lipinski definition) is 3. The van der Waals surface area contributed by atoms with Crippen molar-refractivity contribution in [3.05, 3.63) is 106 Å². The number of pyridine rings is 2. The van der Waals surface area contributed by atoms with E-state index in [1.165, 1.54) is 43.7 Å². The Morgan fingerprint density at radius 3 is 2.36 bits per heavy atom. The molecule has 2 aromatic carbocycles. The van der Waals surface area contributed by atoms with E-state index in [-0.39, 0.29) is 40.8 Å². The Kier molecular flexibility index (Phi) is 10.4. The quantitative estimate of drug-likeness (QED) is 0.222. The summed E-state index contributed by atoms with van der Waals surface area (Å²) in [5.41, 5.74) is 1.48. The Labute approximate surface area is 254 Å². The first-order valence-corrected chi connectivity index (χ1v) is 13.9. The summed E-state index contributed by atoms with van der Waals surface area (Å²) in [6.45, 7) is 3.61. The number of amides is 2. The maximum absolute atomic E-state index is 13.2. The summed E-state index contributed by atoms with van der Waals surface area (Å²) in [7, 11) is 0. The predicted molar refractivity (Wildman–Crippen MR) is 167 cm³/mol. The van der Waals surface area contributed by atoms with Crippen LogP contribution in [0.5, 0.6) is 5.75 Å². The van der Waals surface area contributed by atoms with Crippen LogP contribution in [0.15, 0.2) is 83.9 Å². The summed E-state index contributed by atoms with van der Waals surface area (Å²) in [5.74, 6) is -1.09. The molecule has 3 heterocycles. The molecule has 0 radical (unpaired) electrons. The summed E-state index contributed by atoms with van der Waals surface area (Å²) >= 11 is 5.85. The van der Waals surface area contributed by atoms with Crippen molar-refractivity contribution in [1.82, 2.24) is 14.5 Å². The second kappa shape index (κ2) is 14.1. The van der Waals surface area contributed by atoms with Gasteiger partial charge in [-0.1, -0.05) is 36.2 Å². The van der Waals surface area contributed by atoms with Crippen LogP contribution in [0.4, 0.5) is 11.5 Å². The summed E-state index contributed by atoms with van der Waals surface area (Å²) in [4.78, 5) is 45.6. The number of hydrogen-bond acceptors (Lipinski definition) is 6. The van der Waals surface area contributed by atoms with E-state index in [1.54, 1.807) is 53.2 Å².